The summed E-state index contributed by atoms with van der Waals surface area (Å²) in [7, 11) is 0. The molecule has 0 aliphatic carbocycles. The van der Waals surface area contributed by atoms with Crippen molar-refractivity contribution in [3.63, 3.8) is 0 Å². The number of carbonyl (C=O) groups excluding carboxylic acids is 1. The third kappa shape index (κ3) is 4.97. The molecule has 0 unspecified atom stereocenters. The number of ether oxygens (including phenoxy) is 2. The summed E-state index contributed by atoms with van der Waals surface area (Å²) in [5.74, 6) is 2.21. The summed E-state index contributed by atoms with van der Waals surface area (Å²) in [6.45, 7) is 6.46. The lowest BCUT2D eigenvalue weighted by molar-refractivity contribution is -0.133. The van der Waals surface area contributed by atoms with Gasteiger partial charge in [0.1, 0.15) is 6.10 Å². The zero-order valence-corrected chi connectivity index (χ0v) is 15.7. The highest BCUT2D eigenvalue weighted by atomic mass is 32.2. The van der Waals surface area contributed by atoms with E-state index in [-0.39, 0.29) is 11.4 Å². The van der Waals surface area contributed by atoms with Gasteiger partial charge >= 0.3 is 0 Å². The number of hydrogen-bond acceptors (Lipinski definition) is 5. The van der Waals surface area contributed by atoms with E-state index in [1.165, 1.54) is 0 Å². The summed E-state index contributed by atoms with van der Waals surface area (Å²) in [5.41, 5.74) is 1.16. The second-order valence-corrected chi connectivity index (χ2v) is 7.89. The molecule has 2 saturated heterocycles. The average molecular weight is 365 g/mol. The van der Waals surface area contributed by atoms with Gasteiger partial charge in [-0.2, -0.15) is 11.8 Å². The predicted octanol–water partition coefficient (Wildman–Crippen LogP) is 1.92. The van der Waals surface area contributed by atoms with Gasteiger partial charge in [0.25, 0.3) is 0 Å². The molecule has 25 heavy (non-hydrogen) atoms. The molecule has 2 aliphatic rings. The van der Waals surface area contributed by atoms with Crippen LogP contribution in [0.1, 0.15) is 18.9 Å². The minimum atomic E-state index is -0.448. The van der Waals surface area contributed by atoms with Crippen LogP contribution in [-0.2, 0) is 20.9 Å². The van der Waals surface area contributed by atoms with Gasteiger partial charge in [0.15, 0.2) is 0 Å². The van der Waals surface area contributed by atoms with Crippen molar-refractivity contribution in [3.8, 4) is 0 Å². The Morgan fingerprint density at radius 3 is 2.80 bits per heavy atom. The number of carbonyl (C=O) groups is 1. The van der Waals surface area contributed by atoms with E-state index in [0.717, 1.165) is 49.8 Å². The molecule has 1 amide bonds. The number of nitrogens with one attached hydrogen (secondary N) is 1. The predicted molar refractivity (Wildman–Crippen MR) is 101 cm³/mol. The maximum Gasteiger partial charge on any atom is 0.248 e. The van der Waals surface area contributed by atoms with Gasteiger partial charge in [0, 0.05) is 30.9 Å². The first-order valence-electron chi connectivity index (χ1n) is 9.03. The SMILES string of the molecule is C[C@@H](OCc1ccccc1)C(=O)NC[C@@]1(N2CCOCC2)CCSC1. The lowest BCUT2D eigenvalue weighted by Crippen LogP contribution is -2.59. The lowest BCUT2D eigenvalue weighted by atomic mass is 9.95. The van der Waals surface area contributed by atoms with E-state index in [1.54, 1.807) is 0 Å². The summed E-state index contributed by atoms with van der Waals surface area (Å²) in [6, 6.07) is 9.95. The molecule has 0 bridgehead atoms. The number of rotatable bonds is 7. The molecule has 2 atom stereocenters. The number of morpholine rings is 1. The fraction of sp³-hybridized carbons (Fsp3) is 0.632. The zero-order valence-electron chi connectivity index (χ0n) is 14.9. The molecule has 0 radical (unpaired) electrons. The smallest absolute Gasteiger partial charge is 0.248 e. The van der Waals surface area contributed by atoms with Crippen LogP contribution in [0, 0.1) is 0 Å². The Kier molecular flexibility index (Phi) is 6.76. The normalized spacial score (nSPS) is 25.6. The van der Waals surface area contributed by atoms with Crippen LogP contribution in [-0.4, -0.2) is 66.8 Å². The van der Waals surface area contributed by atoms with Crippen LogP contribution in [0.4, 0.5) is 0 Å². The summed E-state index contributed by atoms with van der Waals surface area (Å²) in [5, 5.41) is 3.14. The largest absolute Gasteiger partial charge is 0.379 e. The number of benzene rings is 1. The summed E-state index contributed by atoms with van der Waals surface area (Å²) in [4.78, 5) is 15.0. The van der Waals surface area contributed by atoms with Crippen LogP contribution in [0.3, 0.4) is 0 Å². The number of hydrogen-bond donors (Lipinski definition) is 1. The van der Waals surface area contributed by atoms with Gasteiger partial charge in [-0.3, -0.25) is 9.69 Å². The first-order chi connectivity index (χ1) is 12.2. The van der Waals surface area contributed by atoms with Crippen LogP contribution in [0.5, 0.6) is 0 Å². The second-order valence-electron chi connectivity index (χ2n) is 6.78. The van der Waals surface area contributed by atoms with Crippen LogP contribution in [0.25, 0.3) is 0 Å². The molecule has 1 aromatic rings. The molecule has 0 spiro atoms. The first-order valence-corrected chi connectivity index (χ1v) is 10.2. The maximum absolute atomic E-state index is 12.5. The van der Waals surface area contributed by atoms with Gasteiger partial charge in [0.2, 0.25) is 5.91 Å². The van der Waals surface area contributed by atoms with E-state index in [1.807, 2.05) is 49.0 Å². The van der Waals surface area contributed by atoms with Crippen molar-refractivity contribution in [3.05, 3.63) is 35.9 Å². The molecule has 0 aromatic heterocycles. The fourth-order valence-corrected chi connectivity index (χ4v) is 4.88. The zero-order chi connectivity index (χ0) is 17.5. The van der Waals surface area contributed by atoms with E-state index in [4.69, 9.17) is 9.47 Å². The lowest BCUT2D eigenvalue weighted by Gasteiger charge is -2.43. The van der Waals surface area contributed by atoms with E-state index in [9.17, 15) is 4.79 Å². The molecule has 1 aromatic carbocycles. The quantitative estimate of drug-likeness (QED) is 0.801. The molecule has 0 saturated carbocycles. The van der Waals surface area contributed by atoms with Crippen molar-refractivity contribution in [2.45, 2.75) is 31.6 Å². The molecule has 6 heteroatoms. The third-order valence-corrected chi connectivity index (χ3v) is 6.30. The Hall–Kier alpha value is -1.08. The molecule has 2 heterocycles. The van der Waals surface area contributed by atoms with Crippen molar-refractivity contribution in [2.24, 2.45) is 0 Å². The van der Waals surface area contributed by atoms with Crippen molar-refractivity contribution in [1.82, 2.24) is 10.2 Å². The number of amides is 1. The van der Waals surface area contributed by atoms with E-state index < -0.39 is 6.10 Å². The molecule has 2 aliphatic heterocycles. The standard InChI is InChI=1S/C19H28N2O3S/c1-16(24-13-17-5-3-2-4-6-17)18(22)20-14-19(7-12-25-15-19)21-8-10-23-11-9-21/h2-6,16H,7-15H2,1H3,(H,20,22)/t16-,19+/m1/s1. The van der Waals surface area contributed by atoms with Gasteiger partial charge in [-0.05, 0) is 24.7 Å². The molecule has 138 valence electrons. The topological polar surface area (TPSA) is 50.8 Å². The van der Waals surface area contributed by atoms with E-state index >= 15 is 0 Å². The maximum atomic E-state index is 12.5. The van der Waals surface area contributed by atoms with Gasteiger partial charge in [0.05, 0.1) is 19.8 Å². The average Bonchev–Trinajstić information content (AvgIpc) is 3.16. The first kappa shape index (κ1) is 18.7. The number of thioether (sulfide) groups is 1. The summed E-state index contributed by atoms with van der Waals surface area (Å²) in [6.07, 6.45) is 0.674. The van der Waals surface area contributed by atoms with Crippen LogP contribution < -0.4 is 5.32 Å². The van der Waals surface area contributed by atoms with Gasteiger partial charge < -0.3 is 14.8 Å². The van der Waals surface area contributed by atoms with Crippen LogP contribution >= 0.6 is 11.8 Å². The van der Waals surface area contributed by atoms with Crippen molar-refractivity contribution < 1.29 is 14.3 Å². The van der Waals surface area contributed by atoms with Gasteiger partial charge in [-0.25, -0.2) is 0 Å². The van der Waals surface area contributed by atoms with E-state index in [2.05, 4.69) is 10.2 Å². The van der Waals surface area contributed by atoms with Gasteiger partial charge in [-0.15, -0.1) is 0 Å². The second kappa shape index (κ2) is 9.03. The van der Waals surface area contributed by atoms with Crippen molar-refractivity contribution >= 4 is 17.7 Å². The summed E-state index contributed by atoms with van der Waals surface area (Å²) >= 11 is 1.98. The molecular weight excluding hydrogens is 336 g/mol. The fourth-order valence-electron chi connectivity index (χ4n) is 3.40. The minimum absolute atomic E-state index is 0.0273. The van der Waals surface area contributed by atoms with E-state index in [0.29, 0.717) is 13.2 Å². The summed E-state index contributed by atoms with van der Waals surface area (Å²) < 4.78 is 11.2. The Bertz CT molecular complexity index is 543. The minimum Gasteiger partial charge on any atom is -0.379 e. The van der Waals surface area contributed by atoms with Crippen LogP contribution in [0.15, 0.2) is 30.3 Å². The Morgan fingerprint density at radius 2 is 2.12 bits per heavy atom. The Balaban J connectivity index is 1.49. The molecule has 3 rings (SSSR count). The third-order valence-electron chi connectivity index (χ3n) is 5.07. The van der Waals surface area contributed by atoms with Gasteiger partial charge in [-0.1, -0.05) is 30.3 Å². The molecule has 5 nitrogen and oxygen atoms in total. The highest BCUT2D eigenvalue weighted by molar-refractivity contribution is 7.99. The molecule has 2 fully saturated rings. The van der Waals surface area contributed by atoms with Crippen molar-refractivity contribution in [1.29, 1.82) is 0 Å². The van der Waals surface area contributed by atoms with Crippen molar-refractivity contribution in [2.75, 3.05) is 44.4 Å². The van der Waals surface area contributed by atoms with Crippen LogP contribution in [0.2, 0.25) is 0 Å². The monoisotopic (exact) mass is 364 g/mol. The molecule has 1 N–H and O–H groups in total. The Morgan fingerprint density at radius 1 is 1.36 bits per heavy atom. The number of nitrogens with zero attached hydrogens (tertiary/aromatic N) is 1. The highest BCUT2D eigenvalue weighted by Crippen LogP contribution is 2.33. The highest BCUT2D eigenvalue weighted by Gasteiger charge is 2.41. The molecular formula is C19H28N2O3S. The Labute approximate surface area is 154 Å².